The Morgan fingerprint density at radius 2 is 2.06 bits per heavy atom. The van der Waals surface area contributed by atoms with Crippen molar-refractivity contribution in [3.63, 3.8) is 0 Å². The number of amides is 1. The Hall–Kier alpha value is -1.61. The minimum atomic E-state index is 0.0793. The summed E-state index contributed by atoms with van der Waals surface area (Å²) in [5, 5.41) is 9.39. The number of aliphatic hydroxyl groups excluding tert-OH is 1. The highest BCUT2D eigenvalue weighted by atomic mass is 16.3. The third-order valence-corrected chi connectivity index (χ3v) is 3.22. The van der Waals surface area contributed by atoms with Crippen LogP contribution in [0.25, 0.3) is 5.57 Å². The minimum Gasteiger partial charge on any atom is -0.392 e. The Kier molecular flexibility index (Phi) is 3.59. The van der Waals surface area contributed by atoms with Crippen molar-refractivity contribution in [1.82, 2.24) is 4.90 Å². The predicted molar refractivity (Wildman–Crippen MR) is 67.3 cm³/mol. The second kappa shape index (κ2) is 5.15. The van der Waals surface area contributed by atoms with E-state index in [1.165, 1.54) is 0 Å². The number of rotatable bonds is 2. The molecular formula is C14H17NO2. The SMILES string of the molecule is CC(=O)N1CCC(CO)=C(c2ccccc2)C1. The molecule has 1 N–H and O–H groups in total. The molecule has 0 aliphatic carbocycles. The first kappa shape index (κ1) is 11.9. The van der Waals surface area contributed by atoms with Gasteiger partial charge in [0.1, 0.15) is 0 Å². The molecule has 17 heavy (non-hydrogen) atoms. The van der Waals surface area contributed by atoms with Crippen LogP contribution < -0.4 is 0 Å². The fourth-order valence-electron chi connectivity index (χ4n) is 2.18. The highest BCUT2D eigenvalue weighted by Gasteiger charge is 2.20. The lowest BCUT2D eigenvalue weighted by molar-refractivity contribution is -0.128. The molecule has 1 amide bonds. The van der Waals surface area contributed by atoms with Gasteiger partial charge in [0.15, 0.2) is 0 Å². The molecule has 90 valence electrons. The van der Waals surface area contributed by atoms with Gasteiger partial charge < -0.3 is 10.0 Å². The van der Waals surface area contributed by atoms with Gasteiger partial charge in [0.2, 0.25) is 5.91 Å². The Morgan fingerprint density at radius 1 is 1.35 bits per heavy atom. The van der Waals surface area contributed by atoms with Crippen LogP contribution in [0.5, 0.6) is 0 Å². The first-order valence-electron chi connectivity index (χ1n) is 5.85. The van der Waals surface area contributed by atoms with Gasteiger partial charge in [-0.25, -0.2) is 0 Å². The molecule has 2 rings (SSSR count). The van der Waals surface area contributed by atoms with Crippen molar-refractivity contribution in [1.29, 1.82) is 0 Å². The zero-order chi connectivity index (χ0) is 12.3. The summed E-state index contributed by atoms with van der Waals surface area (Å²) in [5.74, 6) is 0.0930. The average molecular weight is 231 g/mol. The Balaban J connectivity index is 2.33. The van der Waals surface area contributed by atoms with Crippen LogP contribution in [-0.4, -0.2) is 35.6 Å². The fourth-order valence-corrected chi connectivity index (χ4v) is 2.18. The summed E-state index contributed by atoms with van der Waals surface area (Å²) in [7, 11) is 0. The Morgan fingerprint density at radius 3 is 2.65 bits per heavy atom. The van der Waals surface area contributed by atoms with Crippen molar-refractivity contribution in [2.24, 2.45) is 0 Å². The van der Waals surface area contributed by atoms with Crippen molar-refractivity contribution in [2.75, 3.05) is 19.7 Å². The van der Waals surface area contributed by atoms with Crippen LogP contribution in [0.3, 0.4) is 0 Å². The normalized spacial score (nSPS) is 16.2. The maximum Gasteiger partial charge on any atom is 0.219 e. The van der Waals surface area contributed by atoms with Gasteiger partial charge in [-0.15, -0.1) is 0 Å². The summed E-state index contributed by atoms with van der Waals surface area (Å²) < 4.78 is 0. The van der Waals surface area contributed by atoms with Gasteiger partial charge in [0.05, 0.1) is 6.61 Å². The van der Waals surface area contributed by atoms with E-state index in [0.29, 0.717) is 13.1 Å². The van der Waals surface area contributed by atoms with Crippen molar-refractivity contribution >= 4 is 11.5 Å². The molecule has 3 heteroatoms. The first-order valence-corrected chi connectivity index (χ1v) is 5.85. The number of carbonyl (C=O) groups is 1. The van der Waals surface area contributed by atoms with Gasteiger partial charge in [-0.1, -0.05) is 30.3 Å². The summed E-state index contributed by atoms with van der Waals surface area (Å²) in [5.41, 5.74) is 3.24. The van der Waals surface area contributed by atoms with E-state index in [9.17, 15) is 9.90 Å². The lowest BCUT2D eigenvalue weighted by atomic mass is 9.94. The predicted octanol–water partition coefficient (Wildman–Crippen LogP) is 1.68. The van der Waals surface area contributed by atoms with Crippen LogP contribution in [0, 0.1) is 0 Å². The van der Waals surface area contributed by atoms with Crippen LogP contribution in [0.15, 0.2) is 35.9 Å². The number of hydrogen-bond acceptors (Lipinski definition) is 2. The number of aliphatic hydroxyl groups is 1. The van der Waals surface area contributed by atoms with E-state index in [1.54, 1.807) is 6.92 Å². The van der Waals surface area contributed by atoms with Gasteiger partial charge in [-0.05, 0) is 23.1 Å². The summed E-state index contributed by atoms with van der Waals surface area (Å²) in [6.45, 7) is 2.99. The maximum absolute atomic E-state index is 11.4. The van der Waals surface area contributed by atoms with Crippen molar-refractivity contribution < 1.29 is 9.90 Å². The van der Waals surface area contributed by atoms with Gasteiger partial charge in [-0.2, -0.15) is 0 Å². The zero-order valence-electron chi connectivity index (χ0n) is 10.0. The fraction of sp³-hybridized carbons (Fsp3) is 0.357. The maximum atomic E-state index is 11.4. The largest absolute Gasteiger partial charge is 0.392 e. The van der Waals surface area contributed by atoms with Crippen LogP contribution in [-0.2, 0) is 4.79 Å². The molecule has 0 saturated carbocycles. The smallest absolute Gasteiger partial charge is 0.219 e. The third kappa shape index (κ3) is 2.56. The van der Waals surface area contributed by atoms with E-state index in [0.717, 1.165) is 23.1 Å². The zero-order valence-corrected chi connectivity index (χ0v) is 10.0. The van der Waals surface area contributed by atoms with E-state index in [4.69, 9.17) is 0 Å². The molecule has 0 unspecified atom stereocenters. The number of hydrogen-bond donors (Lipinski definition) is 1. The van der Waals surface area contributed by atoms with Gasteiger partial charge >= 0.3 is 0 Å². The number of nitrogens with zero attached hydrogens (tertiary/aromatic N) is 1. The highest BCUT2D eigenvalue weighted by molar-refractivity contribution is 5.79. The second-order valence-electron chi connectivity index (χ2n) is 4.30. The standard InChI is InChI=1S/C14H17NO2/c1-11(17)15-8-7-13(10-16)14(9-15)12-5-3-2-4-6-12/h2-6,16H,7-10H2,1H3. The van der Waals surface area contributed by atoms with Crippen molar-refractivity contribution in [3.8, 4) is 0 Å². The Bertz CT molecular complexity index is 437. The molecule has 3 nitrogen and oxygen atoms in total. The summed E-state index contributed by atoms with van der Waals surface area (Å²) >= 11 is 0. The highest BCUT2D eigenvalue weighted by Crippen LogP contribution is 2.26. The molecule has 0 atom stereocenters. The molecule has 1 heterocycles. The molecular weight excluding hydrogens is 214 g/mol. The van der Waals surface area contributed by atoms with Gasteiger partial charge in [-0.3, -0.25) is 4.79 Å². The van der Waals surface area contributed by atoms with E-state index in [1.807, 2.05) is 35.2 Å². The average Bonchev–Trinajstić information content (AvgIpc) is 2.39. The molecule has 1 aliphatic rings. The van der Waals surface area contributed by atoms with Gasteiger partial charge in [0, 0.05) is 20.0 Å². The molecule has 0 spiro atoms. The molecule has 0 bridgehead atoms. The van der Waals surface area contributed by atoms with E-state index in [2.05, 4.69) is 0 Å². The summed E-state index contributed by atoms with van der Waals surface area (Å²) in [6.07, 6.45) is 0.764. The monoisotopic (exact) mass is 231 g/mol. The molecule has 0 radical (unpaired) electrons. The quantitative estimate of drug-likeness (QED) is 0.841. The van der Waals surface area contributed by atoms with Crippen LogP contribution in [0.4, 0.5) is 0 Å². The van der Waals surface area contributed by atoms with E-state index >= 15 is 0 Å². The lowest BCUT2D eigenvalue weighted by Crippen LogP contribution is -2.35. The van der Waals surface area contributed by atoms with E-state index in [-0.39, 0.29) is 12.5 Å². The summed E-state index contributed by atoms with van der Waals surface area (Å²) in [4.78, 5) is 13.2. The third-order valence-electron chi connectivity index (χ3n) is 3.22. The molecule has 1 aliphatic heterocycles. The molecule has 0 fully saturated rings. The Labute approximate surface area is 101 Å². The molecule has 0 aromatic heterocycles. The molecule has 1 aromatic rings. The van der Waals surface area contributed by atoms with Crippen LogP contribution >= 0.6 is 0 Å². The first-order chi connectivity index (χ1) is 8.22. The number of carbonyl (C=O) groups excluding carboxylic acids is 1. The van der Waals surface area contributed by atoms with Crippen LogP contribution in [0.1, 0.15) is 18.9 Å². The minimum absolute atomic E-state index is 0.0793. The number of benzene rings is 1. The van der Waals surface area contributed by atoms with Crippen molar-refractivity contribution in [2.45, 2.75) is 13.3 Å². The van der Waals surface area contributed by atoms with Crippen molar-refractivity contribution in [3.05, 3.63) is 41.5 Å². The van der Waals surface area contributed by atoms with Crippen LogP contribution in [0.2, 0.25) is 0 Å². The molecule has 0 saturated heterocycles. The topological polar surface area (TPSA) is 40.5 Å². The van der Waals surface area contributed by atoms with Gasteiger partial charge in [0.25, 0.3) is 0 Å². The molecule has 1 aromatic carbocycles. The lowest BCUT2D eigenvalue weighted by Gasteiger charge is -2.30. The second-order valence-corrected chi connectivity index (χ2v) is 4.30. The summed E-state index contributed by atoms with van der Waals surface area (Å²) in [6, 6.07) is 9.96. The van der Waals surface area contributed by atoms with E-state index < -0.39 is 0 Å².